The Balaban J connectivity index is 1.80. The van der Waals surface area contributed by atoms with Crippen LogP contribution in [-0.2, 0) is 0 Å². The summed E-state index contributed by atoms with van der Waals surface area (Å²) in [6.45, 7) is 2.65. The van der Waals surface area contributed by atoms with Crippen LogP contribution in [0.1, 0.15) is 26.2 Å². The van der Waals surface area contributed by atoms with E-state index in [1.54, 1.807) is 23.7 Å². The lowest BCUT2D eigenvalue weighted by Crippen LogP contribution is -2.58. The number of hydrogen-bond donors (Lipinski definition) is 1. The molecule has 98 valence electrons. The van der Waals surface area contributed by atoms with Crippen molar-refractivity contribution in [3.63, 3.8) is 0 Å². The zero-order valence-corrected chi connectivity index (χ0v) is 14.4. The van der Waals surface area contributed by atoms with E-state index in [9.17, 15) is 0 Å². The molecule has 5 aliphatic rings. The first-order chi connectivity index (χ1) is 8.09. The molecule has 4 heterocycles. The second kappa shape index (κ2) is 3.75. The fourth-order valence-corrected chi connectivity index (χ4v) is 14.2. The molecule has 1 saturated carbocycles. The quantitative estimate of drug-likeness (QED) is 0.396. The Kier molecular flexibility index (Phi) is 2.69. The van der Waals surface area contributed by atoms with Crippen molar-refractivity contribution in [2.24, 2.45) is 23.2 Å². The highest BCUT2D eigenvalue weighted by atomic mass is 127. The van der Waals surface area contributed by atoms with Gasteiger partial charge in [-0.2, -0.15) is 12.6 Å². The average molecular weight is 382 g/mol. The molecule has 7 unspecified atom stereocenters. The van der Waals surface area contributed by atoms with Gasteiger partial charge in [0.15, 0.2) is 0 Å². The van der Waals surface area contributed by atoms with Gasteiger partial charge in [0.2, 0.25) is 0 Å². The molecule has 1 aliphatic carbocycles. The largest absolute Gasteiger partial charge is 0.237 e. The third-order valence-electron chi connectivity index (χ3n) is 6.48. The predicted octanol–water partition coefficient (Wildman–Crippen LogP) is 3.97. The second-order valence-electron chi connectivity index (χ2n) is 7.24. The Morgan fingerprint density at radius 1 is 1.35 bits per heavy atom. The van der Waals surface area contributed by atoms with Crippen LogP contribution in [0.4, 0.5) is 0 Å². The maximum Gasteiger partial charge on any atom is 0.00621 e. The Bertz CT molecular complexity index is 360. The summed E-state index contributed by atoms with van der Waals surface area (Å²) >= 11 is 7.61. The lowest BCUT2D eigenvalue weighted by Gasteiger charge is -2.66. The van der Waals surface area contributed by atoms with Gasteiger partial charge in [0.25, 0.3) is 0 Å². The second-order valence-corrected chi connectivity index (χ2v) is 12.5. The Morgan fingerprint density at radius 3 is 2.94 bits per heavy atom. The van der Waals surface area contributed by atoms with Crippen LogP contribution in [0, 0.1) is 23.2 Å². The van der Waals surface area contributed by atoms with Gasteiger partial charge in [-0.25, -0.2) is 10.0 Å². The number of thiol groups is 1. The van der Waals surface area contributed by atoms with Crippen molar-refractivity contribution >= 4 is 45.2 Å². The highest BCUT2D eigenvalue weighted by Gasteiger charge is 2.68. The number of hydrogen-bond acceptors (Lipinski definition) is 1. The van der Waals surface area contributed by atoms with E-state index in [0.717, 1.165) is 17.8 Å². The molecule has 1 spiro atoms. The van der Waals surface area contributed by atoms with Crippen molar-refractivity contribution in [1.29, 1.82) is 0 Å². The molecule has 0 radical (unpaired) electrons. The Labute approximate surface area is 126 Å². The van der Waals surface area contributed by atoms with Gasteiger partial charge in [0.1, 0.15) is 0 Å². The third-order valence-corrected chi connectivity index (χ3v) is 13.7. The van der Waals surface area contributed by atoms with Crippen LogP contribution < -0.4 is 0 Å². The molecule has 5 fully saturated rings. The third kappa shape index (κ3) is 1.40. The van der Waals surface area contributed by atoms with Crippen molar-refractivity contribution in [3.05, 3.63) is 0 Å². The van der Waals surface area contributed by atoms with Gasteiger partial charge < -0.3 is 0 Å². The maximum absolute atomic E-state index is 4.92. The SMILES string of the molecule is CC1(CI)C2CCS34CC(CC(S)C2)C(C3)C14. The van der Waals surface area contributed by atoms with Crippen molar-refractivity contribution in [3.8, 4) is 0 Å². The van der Waals surface area contributed by atoms with Crippen molar-refractivity contribution in [2.75, 3.05) is 21.7 Å². The molecule has 7 atom stereocenters. The Morgan fingerprint density at radius 2 is 2.18 bits per heavy atom. The van der Waals surface area contributed by atoms with Gasteiger partial charge in [0, 0.05) is 9.68 Å². The van der Waals surface area contributed by atoms with Crippen LogP contribution in [0.15, 0.2) is 0 Å². The topological polar surface area (TPSA) is 0 Å². The van der Waals surface area contributed by atoms with E-state index >= 15 is 0 Å². The molecular formula is C14H23IS2. The minimum absolute atomic E-state index is 0.138. The fraction of sp³-hybridized carbons (Fsp3) is 1.00. The zero-order valence-electron chi connectivity index (χ0n) is 10.6. The van der Waals surface area contributed by atoms with Crippen LogP contribution >= 0.6 is 45.2 Å². The maximum atomic E-state index is 4.92. The number of rotatable bonds is 1. The summed E-state index contributed by atoms with van der Waals surface area (Å²) in [5.41, 5.74) is 0.688. The van der Waals surface area contributed by atoms with E-state index in [0.29, 0.717) is 10.7 Å². The van der Waals surface area contributed by atoms with Gasteiger partial charge in [-0.1, -0.05) is 29.5 Å². The molecule has 4 aliphatic heterocycles. The summed E-state index contributed by atoms with van der Waals surface area (Å²) in [7, 11) is -0.138. The lowest BCUT2D eigenvalue weighted by molar-refractivity contribution is 0.120. The molecule has 0 aromatic rings. The Hall–Kier alpha value is 1.43. The van der Waals surface area contributed by atoms with E-state index in [1.807, 2.05) is 0 Å². The molecule has 17 heavy (non-hydrogen) atoms. The summed E-state index contributed by atoms with van der Waals surface area (Å²) < 4.78 is 1.40. The van der Waals surface area contributed by atoms with Gasteiger partial charge in [-0.15, -0.1) is 0 Å². The van der Waals surface area contributed by atoms with Crippen molar-refractivity contribution < 1.29 is 0 Å². The molecule has 4 saturated heterocycles. The van der Waals surface area contributed by atoms with E-state index in [4.69, 9.17) is 12.6 Å². The van der Waals surface area contributed by atoms with E-state index in [1.165, 1.54) is 22.5 Å². The van der Waals surface area contributed by atoms with Crippen LogP contribution in [0.2, 0.25) is 0 Å². The first-order valence-electron chi connectivity index (χ1n) is 7.08. The lowest BCUT2D eigenvalue weighted by atomic mass is 9.64. The smallest absolute Gasteiger partial charge is 0.00621 e. The minimum atomic E-state index is -0.138. The number of halogens is 1. The first kappa shape index (κ1) is 12.2. The van der Waals surface area contributed by atoms with E-state index in [-0.39, 0.29) is 10.0 Å². The molecule has 0 amide bonds. The van der Waals surface area contributed by atoms with Crippen LogP contribution in [0.25, 0.3) is 0 Å². The van der Waals surface area contributed by atoms with Crippen LogP contribution in [-0.4, -0.2) is 32.2 Å². The van der Waals surface area contributed by atoms with Crippen LogP contribution in [0.5, 0.6) is 0 Å². The number of fused-ring (bicyclic) bond motifs is 1. The minimum Gasteiger partial charge on any atom is -0.237 e. The zero-order chi connectivity index (χ0) is 11.8. The molecule has 0 aromatic heterocycles. The summed E-state index contributed by atoms with van der Waals surface area (Å²) in [6.07, 6.45) is 4.41. The monoisotopic (exact) mass is 382 g/mol. The molecule has 5 rings (SSSR count). The average Bonchev–Trinajstić information content (AvgIpc) is 2.77. The number of alkyl halides is 1. The van der Waals surface area contributed by atoms with E-state index < -0.39 is 0 Å². The molecular weight excluding hydrogens is 359 g/mol. The summed E-state index contributed by atoms with van der Waals surface area (Å²) in [4.78, 5) is 0. The van der Waals surface area contributed by atoms with Gasteiger partial charge in [-0.3, -0.25) is 0 Å². The fourth-order valence-electron chi connectivity index (χ4n) is 5.81. The molecule has 0 aromatic carbocycles. The highest BCUT2D eigenvalue weighted by Crippen LogP contribution is 2.82. The van der Waals surface area contributed by atoms with Gasteiger partial charge in [-0.05, 0) is 64.9 Å². The predicted molar refractivity (Wildman–Crippen MR) is 90.1 cm³/mol. The normalized spacial score (nSPS) is 67.8. The molecule has 0 N–H and O–H groups in total. The van der Waals surface area contributed by atoms with Crippen molar-refractivity contribution in [1.82, 2.24) is 0 Å². The summed E-state index contributed by atoms with van der Waals surface area (Å²) in [6, 6.07) is 0. The van der Waals surface area contributed by atoms with Gasteiger partial charge >= 0.3 is 0 Å². The first-order valence-corrected chi connectivity index (χ1v) is 11.3. The summed E-state index contributed by atoms with van der Waals surface area (Å²) in [5.74, 6) is 8.16. The highest BCUT2D eigenvalue weighted by molar-refractivity contribution is 14.1. The van der Waals surface area contributed by atoms with Gasteiger partial charge in [0.05, 0.1) is 0 Å². The molecule has 5 bridgehead atoms. The van der Waals surface area contributed by atoms with Crippen molar-refractivity contribution in [2.45, 2.75) is 36.7 Å². The standard InChI is InChI=1S/C14H23IS2/c1-14(8-15)10-2-3-17-6-9(4-11(16)5-10)12(7-17)13(14)17/h9-13,16H,2-8H2,1H3. The summed E-state index contributed by atoms with van der Waals surface area (Å²) in [5, 5.41) is 1.89. The van der Waals surface area contributed by atoms with Crippen LogP contribution in [0.3, 0.4) is 0 Å². The van der Waals surface area contributed by atoms with E-state index in [2.05, 4.69) is 29.5 Å². The molecule has 3 heteroatoms. The molecule has 0 nitrogen and oxygen atoms in total.